The van der Waals surface area contributed by atoms with Crippen molar-refractivity contribution in [1.82, 2.24) is 0 Å². The summed E-state index contributed by atoms with van der Waals surface area (Å²) in [5.74, 6) is -0.790. The lowest BCUT2D eigenvalue weighted by Gasteiger charge is -2.13. The number of amides is 1. The van der Waals surface area contributed by atoms with Crippen LogP contribution in [0, 0.1) is 11.3 Å². The number of benzene rings is 2. The van der Waals surface area contributed by atoms with E-state index in [1.807, 2.05) is 32.0 Å². The van der Waals surface area contributed by atoms with Crippen molar-refractivity contribution < 1.29 is 18.0 Å². The van der Waals surface area contributed by atoms with Gasteiger partial charge in [0, 0.05) is 17.6 Å². The fourth-order valence-electron chi connectivity index (χ4n) is 2.69. The van der Waals surface area contributed by atoms with Crippen molar-refractivity contribution in [3.05, 3.63) is 70.9 Å². The van der Waals surface area contributed by atoms with Crippen molar-refractivity contribution in [1.29, 1.82) is 5.26 Å². The van der Waals surface area contributed by atoms with E-state index in [0.717, 1.165) is 41.8 Å². The number of nitrogens with one attached hydrogen (secondary N) is 2. The molecule has 0 saturated carbocycles. The maximum absolute atomic E-state index is 12.8. The summed E-state index contributed by atoms with van der Waals surface area (Å²) < 4.78 is 38.4. The molecule has 146 valence electrons. The number of aryl methyl sites for hydroxylation is 2. The SMILES string of the molecule is CCc1cccc(CC)c1N/C=C(/C#N)C(=O)Nc1cccc(C(F)(F)F)c1. The van der Waals surface area contributed by atoms with Crippen LogP contribution in [-0.2, 0) is 23.8 Å². The molecule has 0 saturated heterocycles. The summed E-state index contributed by atoms with van der Waals surface area (Å²) in [6, 6.07) is 11.9. The third-order valence-electron chi connectivity index (χ3n) is 4.17. The molecule has 0 radical (unpaired) electrons. The number of rotatable bonds is 6. The van der Waals surface area contributed by atoms with E-state index in [9.17, 15) is 23.2 Å². The molecule has 0 aliphatic carbocycles. The first kappa shape index (κ1) is 21.0. The van der Waals surface area contributed by atoms with Crippen LogP contribution >= 0.6 is 0 Å². The number of alkyl halides is 3. The highest BCUT2D eigenvalue weighted by Crippen LogP contribution is 2.30. The topological polar surface area (TPSA) is 64.9 Å². The Balaban J connectivity index is 2.22. The molecule has 2 aromatic carbocycles. The highest BCUT2D eigenvalue weighted by molar-refractivity contribution is 6.06. The standard InChI is InChI=1S/C21H20F3N3O/c1-3-14-7-5-8-15(4-2)19(14)26-13-16(12-25)20(28)27-18-10-6-9-17(11-18)21(22,23)24/h5-11,13,26H,3-4H2,1-2H3,(H,27,28)/b16-13-. The number of carbonyl (C=O) groups excluding carboxylic acids is 1. The second-order valence-corrected chi connectivity index (χ2v) is 6.01. The monoisotopic (exact) mass is 387 g/mol. The molecule has 0 bridgehead atoms. The number of anilines is 2. The Labute approximate surface area is 161 Å². The van der Waals surface area contributed by atoms with Gasteiger partial charge in [-0.15, -0.1) is 0 Å². The van der Waals surface area contributed by atoms with Crippen molar-refractivity contribution in [3.8, 4) is 6.07 Å². The van der Waals surface area contributed by atoms with Gasteiger partial charge in [-0.3, -0.25) is 4.79 Å². The summed E-state index contributed by atoms with van der Waals surface area (Å²) in [6.45, 7) is 3.99. The van der Waals surface area contributed by atoms with Gasteiger partial charge in [-0.05, 0) is 42.2 Å². The molecule has 0 aliphatic rings. The van der Waals surface area contributed by atoms with Crippen LogP contribution in [0.2, 0.25) is 0 Å². The fraction of sp³-hybridized carbons (Fsp3) is 0.238. The first-order valence-electron chi connectivity index (χ1n) is 8.76. The second kappa shape index (κ2) is 9.09. The lowest BCUT2D eigenvalue weighted by Crippen LogP contribution is -2.15. The van der Waals surface area contributed by atoms with E-state index < -0.39 is 17.6 Å². The number of carbonyl (C=O) groups is 1. The Hall–Kier alpha value is -3.27. The molecular formula is C21H20F3N3O. The molecule has 0 atom stereocenters. The molecule has 0 heterocycles. The van der Waals surface area contributed by atoms with Gasteiger partial charge < -0.3 is 10.6 Å². The quantitative estimate of drug-likeness (QED) is 0.523. The average molecular weight is 387 g/mol. The molecule has 2 rings (SSSR count). The van der Waals surface area contributed by atoms with Crippen molar-refractivity contribution in [2.75, 3.05) is 10.6 Å². The Morgan fingerprint density at radius 3 is 2.25 bits per heavy atom. The number of para-hydroxylation sites is 1. The lowest BCUT2D eigenvalue weighted by atomic mass is 10.0. The van der Waals surface area contributed by atoms with E-state index >= 15 is 0 Å². The molecule has 0 spiro atoms. The largest absolute Gasteiger partial charge is 0.416 e. The van der Waals surface area contributed by atoms with Crippen LogP contribution in [-0.4, -0.2) is 5.91 Å². The molecule has 1 amide bonds. The average Bonchev–Trinajstić information content (AvgIpc) is 2.67. The number of hydrogen-bond donors (Lipinski definition) is 2. The normalized spacial score (nSPS) is 11.6. The summed E-state index contributed by atoms with van der Waals surface area (Å²) in [4.78, 5) is 12.3. The van der Waals surface area contributed by atoms with E-state index in [2.05, 4.69) is 10.6 Å². The minimum atomic E-state index is -4.52. The summed E-state index contributed by atoms with van der Waals surface area (Å²) in [5.41, 5.74) is 1.73. The maximum Gasteiger partial charge on any atom is 0.416 e. The van der Waals surface area contributed by atoms with E-state index in [1.54, 1.807) is 6.07 Å². The van der Waals surface area contributed by atoms with Crippen LogP contribution in [0.4, 0.5) is 24.5 Å². The molecule has 0 unspecified atom stereocenters. The summed E-state index contributed by atoms with van der Waals surface area (Å²) >= 11 is 0. The summed E-state index contributed by atoms with van der Waals surface area (Å²) in [6.07, 6.45) is -1.71. The molecule has 4 nitrogen and oxygen atoms in total. The summed E-state index contributed by atoms with van der Waals surface area (Å²) in [5, 5.41) is 14.6. The molecule has 2 aromatic rings. The molecular weight excluding hydrogens is 367 g/mol. The Morgan fingerprint density at radius 2 is 1.71 bits per heavy atom. The van der Waals surface area contributed by atoms with Gasteiger partial charge in [0.1, 0.15) is 11.6 Å². The van der Waals surface area contributed by atoms with Crippen LogP contribution in [0.25, 0.3) is 0 Å². The first-order chi connectivity index (χ1) is 13.3. The van der Waals surface area contributed by atoms with E-state index in [1.165, 1.54) is 18.3 Å². The lowest BCUT2D eigenvalue weighted by molar-refractivity contribution is -0.137. The first-order valence-corrected chi connectivity index (χ1v) is 8.76. The zero-order valence-corrected chi connectivity index (χ0v) is 15.5. The van der Waals surface area contributed by atoms with Gasteiger partial charge in [0.25, 0.3) is 5.91 Å². The number of nitrogens with zero attached hydrogens (tertiary/aromatic N) is 1. The molecule has 0 fully saturated rings. The highest BCUT2D eigenvalue weighted by Gasteiger charge is 2.30. The van der Waals surface area contributed by atoms with Gasteiger partial charge >= 0.3 is 6.18 Å². The van der Waals surface area contributed by atoms with Crippen molar-refractivity contribution in [2.45, 2.75) is 32.9 Å². The number of nitriles is 1. The number of halogens is 3. The van der Waals surface area contributed by atoms with Gasteiger partial charge in [-0.1, -0.05) is 38.1 Å². The third kappa shape index (κ3) is 5.13. The van der Waals surface area contributed by atoms with Crippen LogP contribution in [0.1, 0.15) is 30.5 Å². The van der Waals surface area contributed by atoms with E-state index in [4.69, 9.17) is 0 Å². The predicted octanol–water partition coefficient (Wildman–Crippen LogP) is 5.29. The molecule has 0 aromatic heterocycles. The smallest absolute Gasteiger partial charge is 0.360 e. The van der Waals surface area contributed by atoms with Gasteiger partial charge in [-0.25, -0.2) is 0 Å². The molecule has 28 heavy (non-hydrogen) atoms. The molecule has 0 aliphatic heterocycles. The zero-order chi connectivity index (χ0) is 20.7. The minimum Gasteiger partial charge on any atom is -0.360 e. The molecule has 2 N–H and O–H groups in total. The van der Waals surface area contributed by atoms with Crippen molar-refractivity contribution in [2.24, 2.45) is 0 Å². The third-order valence-corrected chi connectivity index (χ3v) is 4.17. The highest BCUT2D eigenvalue weighted by atomic mass is 19.4. The van der Waals surface area contributed by atoms with Crippen molar-refractivity contribution >= 4 is 17.3 Å². The Bertz CT molecular complexity index is 905. The second-order valence-electron chi connectivity index (χ2n) is 6.01. The Kier molecular flexibility index (Phi) is 6.83. The van der Waals surface area contributed by atoms with Gasteiger partial charge in [0.2, 0.25) is 0 Å². The van der Waals surface area contributed by atoms with Gasteiger partial charge in [-0.2, -0.15) is 18.4 Å². The fourth-order valence-corrected chi connectivity index (χ4v) is 2.69. The van der Waals surface area contributed by atoms with Crippen LogP contribution in [0.3, 0.4) is 0 Å². The van der Waals surface area contributed by atoms with Crippen LogP contribution in [0.5, 0.6) is 0 Å². The minimum absolute atomic E-state index is 0.0378. The van der Waals surface area contributed by atoms with Crippen LogP contribution in [0.15, 0.2) is 54.2 Å². The van der Waals surface area contributed by atoms with E-state index in [0.29, 0.717) is 0 Å². The van der Waals surface area contributed by atoms with Crippen molar-refractivity contribution in [3.63, 3.8) is 0 Å². The zero-order valence-electron chi connectivity index (χ0n) is 15.5. The van der Waals surface area contributed by atoms with Gasteiger partial charge in [0.15, 0.2) is 0 Å². The van der Waals surface area contributed by atoms with Crippen LogP contribution < -0.4 is 10.6 Å². The maximum atomic E-state index is 12.8. The van der Waals surface area contributed by atoms with Gasteiger partial charge in [0.05, 0.1) is 5.56 Å². The predicted molar refractivity (Wildman–Crippen MR) is 103 cm³/mol. The summed E-state index contributed by atoms with van der Waals surface area (Å²) in [7, 11) is 0. The number of hydrogen-bond acceptors (Lipinski definition) is 3. The Morgan fingerprint density at radius 1 is 1.11 bits per heavy atom. The molecule has 7 heteroatoms. The van der Waals surface area contributed by atoms with E-state index in [-0.39, 0.29) is 11.3 Å².